The van der Waals surface area contributed by atoms with Crippen molar-refractivity contribution in [2.75, 3.05) is 40.4 Å². The fourth-order valence-corrected chi connectivity index (χ4v) is 4.63. The second kappa shape index (κ2) is 13.2. The number of nitrogens with zero attached hydrogens (tertiary/aromatic N) is 2. The first kappa shape index (κ1) is 28.7. The number of ketones is 1. The Morgan fingerprint density at radius 3 is 2.20 bits per heavy atom. The van der Waals surface area contributed by atoms with Crippen LogP contribution < -0.4 is 14.2 Å². The fraction of sp³-hybridized carbons (Fsp3) is 0.312. The molecule has 0 saturated carbocycles. The van der Waals surface area contributed by atoms with Crippen LogP contribution in [0.2, 0.25) is 0 Å². The van der Waals surface area contributed by atoms with Gasteiger partial charge in [0.2, 0.25) is 0 Å². The van der Waals surface area contributed by atoms with Crippen molar-refractivity contribution >= 4 is 17.4 Å². The summed E-state index contributed by atoms with van der Waals surface area (Å²) < 4.78 is 17.3. The Morgan fingerprint density at radius 1 is 0.875 bits per heavy atom. The number of carbonyl (C=O) groups is 2. The summed E-state index contributed by atoms with van der Waals surface area (Å²) in [6.07, 6.45) is 0. The molecule has 1 aliphatic rings. The highest BCUT2D eigenvalue weighted by Crippen LogP contribution is 2.42. The molecule has 1 fully saturated rings. The third kappa shape index (κ3) is 6.46. The number of likely N-dealkylation sites (N-methyl/N-ethyl adjacent to an activating group) is 1. The molecule has 1 aliphatic heterocycles. The Hall–Kier alpha value is -4.30. The fourth-order valence-electron chi connectivity index (χ4n) is 4.63. The van der Waals surface area contributed by atoms with Gasteiger partial charge >= 0.3 is 0 Å². The number of amides is 1. The SMILES string of the molecule is CCOc1ccc(/C(O)=C2/C(=O)C(=O)N(CCN(C)C)C2c2ccc(OCc3ccccc3)cc2)c(OCC)c1. The van der Waals surface area contributed by atoms with Crippen molar-refractivity contribution in [3.05, 3.63) is 95.1 Å². The molecule has 1 heterocycles. The molecular weight excluding hydrogens is 508 g/mol. The Balaban J connectivity index is 1.73. The molecular formula is C32H36N2O6. The second-order valence-corrected chi connectivity index (χ2v) is 9.66. The maximum atomic E-state index is 13.4. The van der Waals surface area contributed by atoms with Crippen LogP contribution >= 0.6 is 0 Å². The Morgan fingerprint density at radius 2 is 1.55 bits per heavy atom. The second-order valence-electron chi connectivity index (χ2n) is 9.66. The number of benzene rings is 3. The smallest absolute Gasteiger partial charge is 0.295 e. The van der Waals surface area contributed by atoms with Gasteiger partial charge in [0.15, 0.2) is 0 Å². The van der Waals surface area contributed by atoms with Crippen LogP contribution in [0, 0.1) is 0 Å². The number of rotatable bonds is 12. The number of hydrogen-bond donors (Lipinski definition) is 1. The van der Waals surface area contributed by atoms with Gasteiger partial charge in [0.1, 0.15) is 29.6 Å². The van der Waals surface area contributed by atoms with Crippen LogP contribution in [-0.4, -0.2) is 67.0 Å². The highest BCUT2D eigenvalue weighted by Gasteiger charge is 2.46. The van der Waals surface area contributed by atoms with E-state index in [4.69, 9.17) is 14.2 Å². The van der Waals surface area contributed by atoms with E-state index in [1.807, 2.05) is 87.4 Å². The van der Waals surface area contributed by atoms with Crippen molar-refractivity contribution in [3.8, 4) is 17.2 Å². The zero-order valence-electron chi connectivity index (χ0n) is 23.4. The summed E-state index contributed by atoms with van der Waals surface area (Å²) in [4.78, 5) is 30.1. The molecule has 1 unspecified atom stereocenters. The summed E-state index contributed by atoms with van der Waals surface area (Å²) in [6.45, 7) is 5.81. The van der Waals surface area contributed by atoms with E-state index in [0.29, 0.717) is 61.3 Å². The number of hydrogen-bond acceptors (Lipinski definition) is 7. The number of ether oxygens (including phenoxy) is 3. The summed E-state index contributed by atoms with van der Waals surface area (Å²) in [5, 5.41) is 11.6. The highest BCUT2D eigenvalue weighted by molar-refractivity contribution is 6.46. The van der Waals surface area contributed by atoms with Gasteiger partial charge in [0.25, 0.3) is 11.7 Å². The van der Waals surface area contributed by atoms with E-state index in [9.17, 15) is 14.7 Å². The van der Waals surface area contributed by atoms with E-state index in [-0.39, 0.29) is 11.3 Å². The Kier molecular flexibility index (Phi) is 9.45. The summed E-state index contributed by atoms with van der Waals surface area (Å²) in [5.41, 5.74) is 2.08. The lowest BCUT2D eigenvalue weighted by Gasteiger charge is -2.27. The van der Waals surface area contributed by atoms with Crippen molar-refractivity contribution in [1.82, 2.24) is 9.80 Å². The molecule has 210 valence electrons. The Bertz CT molecular complexity index is 1350. The molecule has 0 spiro atoms. The van der Waals surface area contributed by atoms with Crippen LogP contribution in [0.5, 0.6) is 17.2 Å². The third-order valence-corrected chi connectivity index (χ3v) is 6.59. The molecule has 3 aromatic carbocycles. The first-order chi connectivity index (χ1) is 19.3. The lowest BCUT2D eigenvalue weighted by molar-refractivity contribution is -0.140. The quantitative estimate of drug-likeness (QED) is 0.194. The van der Waals surface area contributed by atoms with Gasteiger partial charge in [-0.25, -0.2) is 0 Å². The molecule has 0 aliphatic carbocycles. The van der Waals surface area contributed by atoms with Gasteiger partial charge in [-0.1, -0.05) is 42.5 Å². The zero-order valence-corrected chi connectivity index (χ0v) is 23.4. The largest absolute Gasteiger partial charge is 0.507 e. The summed E-state index contributed by atoms with van der Waals surface area (Å²) in [6, 6.07) is 21.4. The molecule has 4 rings (SSSR count). The minimum absolute atomic E-state index is 0.0202. The summed E-state index contributed by atoms with van der Waals surface area (Å²) in [7, 11) is 3.80. The normalized spacial score (nSPS) is 16.4. The van der Waals surface area contributed by atoms with Gasteiger partial charge < -0.3 is 29.1 Å². The lowest BCUT2D eigenvalue weighted by Crippen LogP contribution is -2.35. The number of aliphatic hydroxyl groups excluding tert-OH is 1. The Labute approximate surface area is 235 Å². The van der Waals surface area contributed by atoms with Gasteiger partial charge in [0.05, 0.1) is 30.4 Å². The van der Waals surface area contributed by atoms with Crippen LogP contribution in [0.1, 0.15) is 36.6 Å². The third-order valence-electron chi connectivity index (χ3n) is 6.59. The monoisotopic (exact) mass is 544 g/mol. The topological polar surface area (TPSA) is 88.5 Å². The van der Waals surface area contributed by atoms with E-state index >= 15 is 0 Å². The van der Waals surface area contributed by atoms with Crippen LogP contribution in [-0.2, 0) is 16.2 Å². The molecule has 3 aromatic rings. The minimum atomic E-state index is -0.774. The maximum absolute atomic E-state index is 13.4. The molecule has 0 radical (unpaired) electrons. The highest BCUT2D eigenvalue weighted by atomic mass is 16.5. The van der Waals surface area contributed by atoms with Gasteiger partial charge in [-0.3, -0.25) is 9.59 Å². The predicted molar refractivity (Wildman–Crippen MR) is 154 cm³/mol. The number of likely N-dealkylation sites (tertiary alicyclic amines) is 1. The van der Waals surface area contributed by atoms with Crippen molar-refractivity contribution in [3.63, 3.8) is 0 Å². The van der Waals surface area contributed by atoms with Crippen molar-refractivity contribution in [2.45, 2.75) is 26.5 Å². The van der Waals surface area contributed by atoms with Crippen LogP contribution in [0.3, 0.4) is 0 Å². The lowest BCUT2D eigenvalue weighted by atomic mass is 9.95. The molecule has 1 saturated heterocycles. The van der Waals surface area contributed by atoms with Crippen LogP contribution in [0.4, 0.5) is 0 Å². The number of Topliss-reactive ketones (excluding diaryl/α,β-unsaturated/α-hetero) is 1. The van der Waals surface area contributed by atoms with Crippen molar-refractivity contribution in [1.29, 1.82) is 0 Å². The van der Waals surface area contributed by atoms with E-state index in [2.05, 4.69) is 0 Å². The van der Waals surface area contributed by atoms with Gasteiger partial charge in [-0.05, 0) is 63.3 Å². The van der Waals surface area contributed by atoms with Crippen LogP contribution in [0.15, 0.2) is 78.4 Å². The van der Waals surface area contributed by atoms with Crippen molar-refractivity contribution < 1.29 is 28.9 Å². The summed E-state index contributed by atoms with van der Waals surface area (Å²) in [5.74, 6) is -0.0660. The first-order valence-electron chi connectivity index (χ1n) is 13.4. The molecule has 0 aromatic heterocycles. The maximum Gasteiger partial charge on any atom is 0.295 e. The first-order valence-corrected chi connectivity index (χ1v) is 13.4. The molecule has 1 atom stereocenters. The molecule has 1 N–H and O–H groups in total. The van der Waals surface area contributed by atoms with E-state index in [1.54, 1.807) is 18.2 Å². The van der Waals surface area contributed by atoms with Crippen LogP contribution in [0.25, 0.3) is 5.76 Å². The number of aliphatic hydroxyl groups is 1. The van der Waals surface area contributed by atoms with Gasteiger partial charge in [-0.2, -0.15) is 0 Å². The molecule has 8 heteroatoms. The molecule has 0 bridgehead atoms. The molecule has 8 nitrogen and oxygen atoms in total. The van der Waals surface area contributed by atoms with E-state index < -0.39 is 17.7 Å². The van der Waals surface area contributed by atoms with Gasteiger partial charge in [-0.15, -0.1) is 0 Å². The minimum Gasteiger partial charge on any atom is -0.507 e. The van der Waals surface area contributed by atoms with Gasteiger partial charge in [0, 0.05) is 19.2 Å². The molecule has 1 amide bonds. The number of carbonyl (C=O) groups excluding carboxylic acids is 2. The van der Waals surface area contributed by atoms with Crippen molar-refractivity contribution in [2.24, 2.45) is 0 Å². The summed E-state index contributed by atoms with van der Waals surface area (Å²) >= 11 is 0. The molecule has 40 heavy (non-hydrogen) atoms. The average Bonchev–Trinajstić information content (AvgIpc) is 3.21. The van der Waals surface area contributed by atoms with E-state index in [1.165, 1.54) is 4.90 Å². The predicted octanol–water partition coefficient (Wildman–Crippen LogP) is 5.05. The zero-order chi connectivity index (χ0) is 28.6. The standard InChI is InChI=1S/C32H36N2O6/c1-5-38-25-16-17-26(27(20-25)39-6-2)30(35)28-29(34(19-18-33(3)4)32(37)31(28)36)23-12-14-24(15-13-23)40-21-22-10-8-7-9-11-22/h7-17,20,29,35H,5-6,18-19,21H2,1-4H3/b30-28-. The average molecular weight is 545 g/mol. The van der Waals surface area contributed by atoms with E-state index in [0.717, 1.165) is 5.56 Å².